The molecule has 0 aliphatic heterocycles. The zero-order valence-corrected chi connectivity index (χ0v) is 89.5. The summed E-state index contributed by atoms with van der Waals surface area (Å²) in [6.07, 6.45) is 4.19. The van der Waals surface area contributed by atoms with E-state index >= 15 is 0 Å². The smallest absolute Gasteiger partial charge is 0.550 e. The maximum Gasteiger partial charge on any atom is 2.00 e. The summed E-state index contributed by atoms with van der Waals surface area (Å²) in [6, 6.07) is 20.5. The van der Waals surface area contributed by atoms with Crippen LogP contribution in [0.25, 0.3) is 30.7 Å². The monoisotopic (exact) mass is 2160 g/mol. The maximum absolute atomic E-state index is 13.8. The third-order valence-corrected chi connectivity index (χ3v) is 24.9. The summed E-state index contributed by atoms with van der Waals surface area (Å²) in [5, 5.41) is 88.9. The summed E-state index contributed by atoms with van der Waals surface area (Å²) < 4.78 is 106. The van der Waals surface area contributed by atoms with E-state index in [9.17, 15) is 75.9 Å². The van der Waals surface area contributed by atoms with Crippen molar-refractivity contribution in [2.45, 2.75) is 118 Å². The number of carbonyl (C=O) groups is 8. The van der Waals surface area contributed by atoms with E-state index in [0.717, 1.165) is 67.4 Å². The molecule has 0 fully saturated rings. The maximum atomic E-state index is 13.8. The zero-order chi connectivity index (χ0) is 100. The summed E-state index contributed by atoms with van der Waals surface area (Å²) in [5.41, 5.74) is 8.35. The first-order chi connectivity index (χ1) is 66.0. The predicted octanol–water partition coefficient (Wildman–Crippen LogP) is 8.06. The second kappa shape index (κ2) is 56.9. The third-order valence-electron chi connectivity index (χ3n) is 19.2. The molecule has 1 unspecified atom stereocenters. The van der Waals surface area contributed by atoms with Gasteiger partial charge in [0.2, 0.25) is 53.8 Å². The zero-order valence-electron chi connectivity index (χ0n) is 79.3. The van der Waals surface area contributed by atoms with Crippen LogP contribution in [-0.4, -0.2) is 346 Å². The molecule has 53 heteroatoms. The number of fused-ring (bicyclic) bond motifs is 2. The first kappa shape index (κ1) is 116. The predicted molar refractivity (Wildman–Crippen MR) is 511 cm³/mol. The Morgan fingerprint density at radius 2 is 0.814 bits per heavy atom. The number of carboxylic acids is 2. The van der Waals surface area contributed by atoms with Crippen molar-refractivity contribution >= 4 is 271 Å². The average molecular weight is 2160 g/mol. The molecule has 0 aliphatic rings. The minimum atomic E-state index is -4.44. The van der Waals surface area contributed by atoms with Gasteiger partial charge in [0.05, 0.1) is 101 Å². The number of aryl methyl sites for hydroxylation is 6. The topological polar surface area (TPSA) is 623 Å². The van der Waals surface area contributed by atoms with Crippen molar-refractivity contribution in [3.8, 4) is 22.4 Å². The second-order valence-electron chi connectivity index (χ2n) is 30.1. The number of azo groups is 2. The number of benzene rings is 4. The molecule has 0 radical (unpaired) electrons. The van der Waals surface area contributed by atoms with E-state index in [1.165, 1.54) is 65.1 Å². The summed E-state index contributed by atoms with van der Waals surface area (Å²) in [4.78, 5) is 123. The van der Waals surface area contributed by atoms with Crippen molar-refractivity contribution in [1.29, 1.82) is 10.5 Å². The number of rotatable bonds is 53. The molecule has 0 bridgehead atoms. The number of carbonyl (C=O) groups excluding carboxylic acids is 8. The Balaban J connectivity index is 0.000000375. The molecule has 6 aromatic heterocycles. The van der Waals surface area contributed by atoms with Crippen molar-refractivity contribution in [3.63, 3.8) is 0 Å². The molecule has 736 valence electrons. The van der Waals surface area contributed by atoms with E-state index in [4.69, 9.17) is 62.6 Å². The van der Waals surface area contributed by atoms with E-state index in [-0.39, 0.29) is 257 Å². The number of hydrogen-bond acceptors (Lipinski definition) is 45. The number of hydrogen-bond donors (Lipinski definition) is 6. The van der Waals surface area contributed by atoms with E-state index in [1.807, 2.05) is 65.8 Å². The summed E-state index contributed by atoms with van der Waals surface area (Å²) in [7, 11) is -5.71. The van der Waals surface area contributed by atoms with E-state index < -0.39 is 113 Å². The van der Waals surface area contributed by atoms with E-state index in [2.05, 4.69) is 84.7 Å². The standard InChI is InChI=1S/C44H54N12O11S2.C43H52N12O12S2.2Sr/c1-8-65-35(58)24-55(25-36(59)66-9-2)69(62,63)31-12-13-33-32(21-31)48-44(68-33)56-23-30(22-45)39(54-56)53-52-38-40(46-14-10-16-64-7)50-43(49-37-27(4)18-26(3)19-28(37)5)51-41(38)47-15-11-17-67-34(57)20-29(6)42(60)61;1-7-65-34(58)22-54(23-35(59)66-8-2)69(61,62)30-11-12-32-31(19-30)47-43(68-32)55-21-29(20-44)39(53-55)52-51-38-40(45-13-9-15-63-6)49-42(48-37-27(4)17-26(3)18-28(37)5)50-41(38)46-14-10-16-67-36(60)25-64-24-33(56)57;;/h12-13,18-19,21,23,29H,8-11,14-17,20,24-25H2,1-7H3,(H,60,61)(H3,46,47,49,50,51);11-12,17-19,21H,7-10,13-16,22-25H2,1-6H3,(H,56,57)(H3,45,46,48,49,50);;/q;;2*+2/p-2. The summed E-state index contributed by atoms with van der Waals surface area (Å²) >= 11 is 2.27. The van der Waals surface area contributed by atoms with Crippen LogP contribution in [0.2, 0.25) is 0 Å². The van der Waals surface area contributed by atoms with Crippen LogP contribution in [0, 0.1) is 70.1 Å². The van der Waals surface area contributed by atoms with Crippen LogP contribution in [0.5, 0.6) is 0 Å². The number of nitriles is 2. The van der Waals surface area contributed by atoms with Crippen LogP contribution in [0.1, 0.15) is 111 Å². The molecule has 1 atom stereocenters. The van der Waals surface area contributed by atoms with Crippen molar-refractivity contribution in [2.75, 3.05) is 165 Å². The molecule has 0 spiro atoms. The fourth-order valence-electron chi connectivity index (χ4n) is 13.0. The molecular formula is C87H104N24O23S4Sr2+2. The summed E-state index contributed by atoms with van der Waals surface area (Å²) in [5.74, 6) is -7.54. The number of thiazole rings is 2. The number of anilines is 8. The number of aliphatic carboxylic acids is 2. The fourth-order valence-corrected chi connectivity index (χ4v) is 17.4. The van der Waals surface area contributed by atoms with Gasteiger partial charge in [-0.15, -0.1) is 30.7 Å². The van der Waals surface area contributed by atoms with Crippen molar-refractivity contribution in [3.05, 3.63) is 118 Å². The number of carboxylic acid groups (broad SMARTS) is 2. The van der Waals surface area contributed by atoms with Crippen LogP contribution in [0.15, 0.2) is 103 Å². The molecule has 47 nitrogen and oxygen atoms in total. The Morgan fingerprint density at radius 1 is 0.471 bits per heavy atom. The molecule has 4 aromatic carbocycles. The number of nitrogens with zero attached hydrogens (tertiary/aromatic N) is 18. The number of aromatic nitrogens is 10. The van der Waals surface area contributed by atoms with Gasteiger partial charge in [-0.25, -0.2) is 41.0 Å². The summed E-state index contributed by atoms with van der Waals surface area (Å²) in [6.45, 7) is 17.3. The van der Waals surface area contributed by atoms with E-state index in [0.29, 0.717) is 63.6 Å². The Hall–Kier alpha value is -11.4. The Labute approximate surface area is 888 Å². The number of sulfonamides is 2. The van der Waals surface area contributed by atoms with Crippen molar-refractivity contribution in [2.24, 2.45) is 26.4 Å². The van der Waals surface area contributed by atoms with Gasteiger partial charge in [0.25, 0.3) is 0 Å². The number of esters is 6. The Bertz CT molecular complexity index is 6360. The van der Waals surface area contributed by atoms with Crippen LogP contribution in [0.4, 0.5) is 69.6 Å². The number of nitrogens with one attached hydrogen (secondary N) is 6. The minimum absolute atomic E-state index is 0. The second-order valence-corrected chi connectivity index (χ2v) is 36.0. The van der Waals surface area contributed by atoms with Gasteiger partial charge in [-0.3, -0.25) is 24.0 Å². The molecule has 10 aromatic rings. The molecule has 6 heterocycles. The Morgan fingerprint density at radius 3 is 1.14 bits per heavy atom. The average Bonchev–Trinajstić information content (AvgIpc) is 1.61. The number of methoxy groups -OCH3 is 2. The van der Waals surface area contributed by atoms with Crippen LogP contribution in [-0.2, 0) is 101 Å². The molecule has 0 saturated heterocycles. The Kier molecular flexibility index (Phi) is 47.0. The SMILES string of the molecule is CCOC(=O)CN(CC(=O)OCC)S(=O)(=O)c1ccc2sc(-n3cc(C#N)c(N=Nc4c(NCCCOC)nc(Nc5c(C)cc(C)cc5C)nc4NCCCOC(=O)CC(C)C(=O)[O-])n3)nc2c1.CCOC(=O)CN(CC(=O)OCC)S(=O)(=O)c1ccc2sc(-n3cc(C#N)c(N=Nc4c(NCCCOC)nc(Nc5c(C)cc(C)cc5C)nc4NCCCOC(=O)COCC(=O)[O-])n3)nc2c1.[Sr+2].[Sr+2]. The minimum Gasteiger partial charge on any atom is -0.550 e. The van der Waals surface area contributed by atoms with Crippen molar-refractivity contribution < 1.29 is 108 Å². The quantitative estimate of drug-likeness (QED) is 0.00689. The fraction of sp³-hybridized carbons (Fsp3) is 0.425. The third kappa shape index (κ3) is 34.0. The molecular weight excluding hydrogens is 2050 g/mol. The van der Waals surface area contributed by atoms with Gasteiger partial charge >= 0.3 is 127 Å². The van der Waals surface area contributed by atoms with Gasteiger partial charge in [-0.05, 0) is 154 Å². The van der Waals surface area contributed by atoms with Crippen LogP contribution < -0.4 is 42.1 Å². The molecule has 140 heavy (non-hydrogen) atoms. The molecule has 10 rings (SSSR count). The molecule has 0 amide bonds. The molecule has 6 N–H and O–H groups in total. The molecule has 0 aliphatic carbocycles. The van der Waals surface area contributed by atoms with E-state index in [1.54, 1.807) is 41.9 Å². The first-order valence-electron chi connectivity index (χ1n) is 43.1. The van der Waals surface area contributed by atoms with Crippen molar-refractivity contribution in [1.82, 2.24) is 58.1 Å². The van der Waals surface area contributed by atoms with Gasteiger partial charge < -0.3 is 94.3 Å². The number of ether oxygens (including phenoxy) is 9. The van der Waals surface area contributed by atoms with Gasteiger partial charge in [-0.2, -0.15) is 39.1 Å². The normalized spacial score (nSPS) is 11.5. The van der Waals surface area contributed by atoms with Crippen LogP contribution in [0.3, 0.4) is 0 Å². The van der Waals surface area contributed by atoms with Gasteiger partial charge in [-0.1, -0.05) is 65.0 Å². The van der Waals surface area contributed by atoms with Gasteiger partial charge in [0.1, 0.15) is 56.1 Å². The largest absolute Gasteiger partial charge is 2.00 e. The van der Waals surface area contributed by atoms with Gasteiger partial charge in [0.15, 0.2) is 34.6 Å². The molecule has 0 saturated carbocycles. The van der Waals surface area contributed by atoms with Gasteiger partial charge in [0, 0.05) is 76.9 Å². The van der Waals surface area contributed by atoms with Crippen LogP contribution >= 0.6 is 22.7 Å². The first-order valence-corrected chi connectivity index (χ1v) is 47.6.